The molecule has 0 aliphatic carbocycles. The maximum atomic E-state index is 11.7. The van der Waals surface area contributed by atoms with Crippen molar-refractivity contribution in [2.24, 2.45) is 0 Å². The monoisotopic (exact) mass is 462 g/mol. The number of aryl methyl sites for hydroxylation is 1. The van der Waals surface area contributed by atoms with Crippen molar-refractivity contribution in [2.45, 2.75) is 117 Å². The van der Waals surface area contributed by atoms with E-state index in [0.29, 0.717) is 32.8 Å². The van der Waals surface area contributed by atoms with Crippen LogP contribution in [0.15, 0.2) is 24.3 Å². The van der Waals surface area contributed by atoms with Gasteiger partial charge in [-0.15, -0.1) is 0 Å². The average molecular weight is 463 g/mol. The van der Waals surface area contributed by atoms with Crippen LogP contribution in [-0.2, 0) is 20.7 Å². The Balaban J connectivity index is 1.92. The minimum absolute atomic E-state index is 0.111. The Kier molecular flexibility index (Phi) is 19.9. The van der Waals surface area contributed by atoms with Crippen molar-refractivity contribution in [2.75, 3.05) is 26.4 Å². The first-order valence-corrected chi connectivity index (χ1v) is 13.7. The minimum Gasteiger partial charge on any atom is -0.491 e. The van der Waals surface area contributed by atoms with Crippen molar-refractivity contribution < 1.29 is 19.0 Å². The van der Waals surface area contributed by atoms with Crippen molar-refractivity contribution >= 4 is 5.97 Å². The van der Waals surface area contributed by atoms with Crippen LogP contribution in [0.1, 0.15) is 116 Å². The molecule has 0 saturated heterocycles. The van der Waals surface area contributed by atoms with Crippen LogP contribution in [0.5, 0.6) is 5.75 Å². The van der Waals surface area contributed by atoms with Crippen LogP contribution < -0.4 is 4.74 Å². The molecular weight excluding hydrogens is 412 g/mol. The Morgan fingerprint density at radius 2 is 1.18 bits per heavy atom. The zero-order valence-corrected chi connectivity index (χ0v) is 21.6. The summed E-state index contributed by atoms with van der Waals surface area (Å²) in [5, 5.41) is 0. The van der Waals surface area contributed by atoms with Gasteiger partial charge in [0.05, 0.1) is 13.2 Å². The second kappa shape index (κ2) is 22.3. The van der Waals surface area contributed by atoms with E-state index in [1.165, 1.54) is 82.6 Å². The highest BCUT2D eigenvalue weighted by Crippen LogP contribution is 2.15. The first kappa shape index (κ1) is 29.5. The summed E-state index contributed by atoms with van der Waals surface area (Å²) >= 11 is 0. The summed E-state index contributed by atoms with van der Waals surface area (Å²) in [4.78, 5) is 11.7. The van der Waals surface area contributed by atoms with Gasteiger partial charge in [0, 0.05) is 6.42 Å². The maximum Gasteiger partial charge on any atom is 0.305 e. The van der Waals surface area contributed by atoms with Crippen molar-refractivity contribution in [3.63, 3.8) is 0 Å². The SMILES string of the molecule is CCCCCCCCCC(=O)OCCOCCOc1ccc(CCCCCCCCC)cc1. The molecular formula is C29H50O4. The Labute approximate surface area is 203 Å². The molecule has 4 heteroatoms. The number of esters is 1. The zero-order chi connectivity index (χ0) is 23.8. The van der Waals surface area contributed by atoms with E-state index in [1.54, 1.807) is 0 Å². The molecule has 0 spiro atoms. The molecule has 1 aromatic carbocycles. The number of ether oxygens (including phenoxy) is 3. The second-order valence-corrected chi connectivity index (χ2v) is 9.07. The number of rotatable bonds is 23. The molecule has 4 nitrogen and oxygen atoms in total. The van der Waals surface area contributed by atoms with Gasteiger partial charge in [0.2, 0.25) is 0 Å². The molecule has 1 rings (SSSR count). The van der Waals surface area contributed by atoms with Gasteiger partial charge in [-0.1, -0.05) is 103 Å². The number of unbranched alkanes of at least 4 members (excludes halogenated alkanes) is 12. The molecule has 33 heavy (non-hydrogen) atoms. The van der Waals surface area contributed by atoms with Gasteiger partial charge in [0.15, 0.2) is 0 Å². The van der Waals surface area contributed by atoms with Gasteiger partial charge in [-0.3, -0.25) is 4.79 Å². The van der Waals surface area contributed by atoms with Crippen molar-refractivity contribution in [1.82, 2.24) is 0 Å². The first-order valence-electron chi connectivity index (χ1n) is 13.7. The summed E-state index contributed by atoms with van der Waals surface area (Å²) in [6, 6.07) is 8.42. The molecule has 0 fully saturated rings. The highest BCUT2D eigenvalue weighted by Gasteiger charge is 2.03. The van der Waals surface area contributed by atoms with E-state index in [4.69, 9.17) is 14.2 Å². The smallest absolute Gasteiger partial charge is 0.305 e. The van der Waals surface area contributed by atoms with Crippen LogP contribution in [-0.4, -0.2) is 32.4 Å². The largest absolute Gasteiger partial charge is 0.491 e. The van der Waals surface area contributed by atoms with Crippen LogP contribution in [0, 0.1) is 0 Å². The normalized spacial score (nSPS) is 11.0. The van der Waals surface area contributed by atoms with E-state index in [1.807, 2.05) is 12.1 Å². The molecule has 0 saturated carbocycles. The fourth-order valence-electron chi connectivity index (χ4n) is 3.87. The molecule has 0 aliphatic heterocycles. The molecule has 0 aromatic heterocycles. The summed E-state index contributed by atoms with van der Waals surface area (Å²) in [5.41, 5.74) is 1.38. The molecule has 0 amide bonds. The molecule has 0 N–H and O–H groups in total. The van der Waals surface area contributed by atoms with Crippen molar-refractivity contribution in [3.05, 3.63) is 29.8 Å². The first-order chi connectivity index (χ1) is 16.3. The quantitative estimate of drug-likeness (QED) is 0.122. The Bertz CT molecular complexity index is 555. The lowest BCUT2D eigenvalue weighted by molar-refractivity contribution is -0.145. The van der Waals surface area contributed by atoms with E-state index < -0.39 is 0 Å². The highest BCUT2D eigenvalue weighted by molar-refractivity contribution is 5.69. The lowest BCUT2D eigenvalue weighted by atomic mass is 10.0. The molecule has 1 aromatic rings. The molecule has 190 valence electrons. The van der Waals surface area contributed by atoms with E-state index in [9.17, 15) is 4.79 Å². The summed E-state index contributed by atoms with van der Waals surface area (Å²) in [6.45, 7) is 6.23. The van der Waals surface area contributed by atoms with Gasteiger partial charge in [-0.25, -0.2) is 0 Å². The molecule has 0 aliphatic rings. The maximum absolute atomic E-state index is 11.7. The molecule has 0 atom stereocenters. The van der Waals surface area contributed by atoms with Crippen molar-refractivity contribution in [1.29, 1.82) is 0 Å². The third-order valence-corrected chi connectivity index (χ3v) is 5.96. The second-order valence-electron chi connectivity index (χ2n) is 9.07. The number of carbonyl (C=O) groups excluding carboxylic acids is 1. The number of benzene rings is 1. The van der Waals surface area contributed by atoms with Crippen LogP contribution in [0.25, 0.3) is 0 Å². The predicted octanol–water partition coefficient (Wildman–Crippen LogP) is 8.06. The van der Waals surface area contributed by atoms with Gasteiger partial charge >= 0.3 is 5.97 Å². The van der Waals surface area contributed by atoms with Gasteiger partial charge in [0.1, 0.15) is 19.0 Å². The lowest BCUT2D eigenvalue weighted by Gasteiger charge is -2.09. The summed E-state index contributed by atoms with van der Waals surface area (Å²) in [5.74, 6) is 0.767. The average Bonchev–Trinajstić information content (AvgIpc) is 2.83. The Hall–Kier alpha value is -1.55. The fraction of sp³-hybridized carbons (Fsp3) is 0.759. The van der Waals surface area contributed by atoms with E-state index in [-0.39, 0.29) is 5.97 Å². The third kappa shape index (κ3) is 18.6. The van der Waals surface area contributed by atoms with E-state index >= 15 is 0 Å². The molecule has 0 radical (unpaired) electrons. The van der Waals surface area contributed by atoms with Gasteiger partial charge < -0.3 is 14.2 Å². The zero-order valence-electron chi connectivity index (χ0n) is 21.6. The Morgan fingerprint density at radius 1 is 0.636 bits per heavy atom. The fourth-order valence-corrected chi connectivity index (χ4v) is 3.87. The molecule has 0 bridgehead atoms. The minimum atomic E-state index is -0.111. The Morgan fingerprint density at radius 3 is 1.82 bits per heavy atom. The van der Waals surface area contributed by atoms with E-state index in [0.717, 1.165) is 25.0 Å². The number of hydrogen-bond acceptors (Lipinski definition) is 4. The van der Waals surface area contributed by atoms with Gasteiger partial charge in [-0.05, 0) is 37.0 Å². The lowest BCUT2D eigenvalue weighted by Crippen LogP contribution is -2.13. The van der Waals surface area contributed by atoms with Gasteiger partial charge in [0.25, 0.3) is 0 Å². The van der Waals surface area contributed by atoms with Crippen LogP contribution in [0.3, 0.4) is 0 Å². The van der Waals surface area contributed by atoms with Crippen LogP contribution >= 0.6 is 0 Å². The third-order valence-electron chi connectivity index (χ3n) is 5.96. The topological polar surface area (TPSA) is 44.8 Å². The summed E-state index contributed by atoms with van der Waals surface area (Å²) < 4.78 is 16.5. The number of carbonyl (C=O) groups is 1. The summed E-state index contributed by atoms with van der Waals surface area (Å²) in [6.07, 6.45) is 19.5. The van der Waals surface area contributed by atoms with Crippen molar-refractivity contribution in [3.8, 4) is 5.75 Å². The highest BCUT2D eigenvalue weighted by atomic mass is 16.6. The molecule has 0 unspecified atom stereocenters. The number of hydrogen-bond donors (Lipinski definition) is 0. The van der Waals surface area contributed by atoms with Gasteiger partial charge in [-0.2, -0.15) is 0 Å². The van der Waals surface area contributed by atoms with Crippen LogP contribution in [0.2, 0.25) is 0 Å². The summed E-state index contributed by atoms with van der Waals surface area (Å²) in [7, 11) is 0. The van der Waals surface area contributed by atoms with Crippen LogP contribution in [0.4, 0.5) is 0 Å². The predicted molar refractivity (Wildman–Crippen MR) is 138 cm³/mol. The molecule has 0 heterocycles. The van der Waals surface area contributed by atoms with E-state index in [2.05, 4.69) is 26.0 Å². The standard InChI is InChI=1S/C29H50O4/c1-3-5-7-9-11-13-15-17-27-19-21-28(22-20-27)32-25-23-31-24-26-33-29(30)18-16-14-12-10-8-6-4-2/h19-22H,3-18,23-26H2,1-2H3.